The van der Waals surface area contributed by atoms with E-state index in [1.807, 2.05) is 25.4 Å². The number of imidazole rings is 1. The molecule has 4 aromatic rings. The summed E-state index contributed by atoms with van der Waals surface area (Å²) >= 11 is 2.79. The van der Waals surface area contributed by atoms with Crippen molar-refractivity contribution in [2.75, 3.05) is 13.1 Å². The molecule has 1 N–H and O–H groups in total. The van der Waals surface area contributed by atoms with Gasteiger partial charge in [-0.2, -0.15) is 0 Å². The molecule has 0 aliphatic carbocycles. The van der Waals surface area contributed by atoms with Crippen molar-refractivity contribution in [3.63, 3.8) is 0 Å². The van der Waals surface area contributed by atoms with Crippen LogP contribution in [0.4, 0.5) is 4.39 Å². The number of rotatable bonds is 5. The molecule has 0 radical (unpaired) electrons. The maximum atomic E-state index is 13.8. The third-order valence-electron chi connectivity index (χ3n) is 5.81. The Morgan fingerprint density at radius 2 is 2.12 bits per heavy atom. The molecule has 170 valence electrons. The van der Waals surface area contributed by atoms with Crippen molar-refractivity contribution in [1.82, 2.24) is 24.6 Å². The van der Waals surface area contributed by atoms with Crippen LogP contribution in [0.5, 0.6) is 0 Å². The molecule has 1 fully saturated rings. The van der Waals surface area contributed by atoms with E-state index in [2.05, 4.69) is 15.3 Å². The van der Waals surface area contributed by atoms with Gasteiger partial charge in [0.15, 0.2) is 4.96 Å². The molecule has 1 aliphatic rings. The average molecular weight is 484 g/mol. The van der Waals surface area contributed by atoms with Gasteiger partial charge in [-0.3, -0.25) is 14.0 Å². The van der Waals surface area contributed by atoms with Crippen LogP contribution in [-0.4, -0.2) is 50.2 Å². The van der Waals surface area contributed by atoms with Crippen LogP contribution >= 0.6 is 22.7 Å². The van der Waals surface area contributed by atoms with Gasteiger partial charge in [0, 0.05) is 36.3 Å². The number of carbonyl (C=O) groups is 2. The second-order valence-corrected chi connectivity index (χ2v) is 10.1. The molecular weight excluding hydrogens is 461 g/mol. The summed E-state index contributed by atoms with van der Waals surface area (Å²) in [6.45, 7) is 4.62. The highest BCUT2D eigenvalue weighted by molar-refractivity contribution is 7.15. The Balaban J connectivity index is 1.34. The highest BCUT2D eigenvalue weighted by Crippen LogP contribution is 2.31. The van der Waals surface area contributed by atoms with Crippen molar-refractivity contribution in [3.05, 3.63) is 62.9 Å². The molecule has 0 saturated carbocycles. The fraction of sp³-hybridized carbons (Fsp3) is 0.304. The molecule has 0 bridgehead atoms. The van der Waals surface area contributed by atoms with Crippen LogP contribution in [0.3, 0.4) is 0 Å². The molecule has 1 atom stereocenters. The summed E-state index contributed by atoms with van der Waals surface area (Å²) < 4.78 is 15.6. The number of carbonyl (C=O) groups excluding carboxylic acids is 2. The number of likely N-dealkylation sites (tertiary alicyclic amines) is 1. The van der Waals surface area contributed by atoms with E-state index in [9.17, 15) is 14.0 Å². The van der Waals surface area contributed by atoms with Crippen molar-refractivity contribution >= 4 is 39.4 Å². The first-order valence-electron chi connectivity index (χ1n) is 10.7. The van der Waals surface area contributed by atoms with Crippen LogP contribution in [-0.2, 0) is 0 Å². The maximum absolute atomic E-state index is 13.8. The molecule has 0 unspecified atom stereocenters. The van der Waals surface area contributed by atoms with E-state index in [-0.39, 0.29) is 23.7 Å². The van der Waals surface area contributed by atoms with E-state index in [0.29, 0.717) is 40.6 Å². The summed E-state index contributed by atoms with van der Waals surface area (Å²) in [7, 11) is 0. The van der Waals surface area contributed by atoms with Gasteiger partial charge in [0.05, 0.1) is 16.4 Å². The number of halogens is 1. The van der Waals surface area contributed by atoms with E-state index >= 15 is 0 Å². The summed E-state index contributed by atoms with van der Waals surface area (Å²) in [4.78, 5) is 38.4. The number of thiazole rings is 2. The van der Waals surface area contributed by atoms with Crippen molar-refractivity contribution in [3.8, 4) is 11.3 Å². The fourth-order valence-corrected chi connectivity index (χ4v) is 5.97. The third-order valence-corrected chi connectivity index (χ3v) is 7.53. The van der Waals surface area contributed by atoms with E-state index < -0.39 is 0 Å². The maximum Gasteiger partial charge on any atom is 0.270 e. The monoisotopic (exact) mass is 483 g/mol. The Bertz CT molecular complexity index is 1360. The zero-order valence-corrected chi connectivity index (χ0v) is 19.8. The van der Waals surface area contributed by atoms with E-state index in [1.165, 1.54) is 34.8 Å². The predicted octanol–water partition coefficient (Wildman–Crippen LogP) is 4.31. The van der Waals surface area contributed by atoms with Gasteiger partial charge in [-0.1, -0.05) is 12.1 Å². The number of aromatic nitrogens is 3. The van der Waals surface area contributed by atoms with Gasteiger partial charge in [-0.15, -0.1) is 22.7 Å². The third kappa shape index (κ3) is 4.04. The number of benzene rings is 1. The number of nitrogens with one attached hydrogen (secondary N) is 1. The normalized spacial score (nSPS) is 16.0. The van der Waals surface area contributed by atoms with E-state index in [1.54, 1.807) is 21.4 Å². The minimum absolute atomic E-state index is 0.115. The van der Waals surface area contributed by atoms with Gasteiger partial charge in [0.1, 0.15) is 16.4 Å². The second kappa shape index (κ2) is 8.68. The smallest absolute Gasteiger partial charge is 0.270 e. The van der Waals surface area contributed by atoms with E-state index in [0.717, 1.165) is 22.8 Å². The number of hydrogen-bond donors (Lipinski definition) is 1. The lowest BCUT2D eigenvalue weighted by Gasteiger charge is -2.25. The van der Waals surface area contributed by atoms with Crippen molar-refractivity contribution in [2.24, 2.45) is 0 Å². The minimum atomic E-state index is -0.367. The zero-order valence-electron chi connectivity index (χ0n) is 18.2. The topological polar surface area (TPSA) is 79.6 Å². The van der Waals surface area contributed by atoms with Crippen LogP contribution in [0.2, 0.25) is 0 Å². The quantitative estimate of drug-likeness (QED) is 0.459. The SMILES string of the molecule is Cc1nc(-c2cccc(F)c2)c(C(=O)N2CCC[C@H]2CNC(=O)c2c(C)nc3sccn23)s1. The summed E-state index contributed by atoms with van der Waals surface area (Å²) in [6.07, 6.45) is 3.50. The molecule has 5 rings (SSSR count). The lowest BCUT2D eigenvalue weighted by atomic mass is 10.1. The Kier molecular flexibility index (Phi) is 5.71. The van der Waals surface area contributed by atoms with Crippen LogP contribution in [0.25, 0.3) is 16.2 Å². The molecular formula is C23H22FN5O2S2. The summed E-state index contributed by atoms with van der Waals surface area (Å²) in [5, 5.41) is 5.63. The van der Waals surface area contributed by atoms with Gasteiger partial charge < -0.3 is 10.2 Å². The predicted molar refractivity (Wildman–Crippen MR) is 126 cm³/mol. The van der Waals surface area contributed by atoms with Gasteiger partial charge >= 0.3 is 0 Å². The number of fused-ring (bicyclic) bond motifs is 1. The highest BCUT2D eigenvalue weighted by Gasteiger charge is 2.33. The molecule has 0 spiro atoms. The van der Waals surface area contributed by atoms with Crippen LogP contribution < -0.4 is 5.32 Å². The summed E-state index contributed by atoms with van der Waals surface area (Å²) in [5.41, 5.74) is 2.29. The van der Waals surface area contributed by atoms with Gasteiger partial charge in [0.25, 0.3) is 11.8 Å². The summed E-state index contributed by atoms with van der Waals surface area (Å²) in [5.74, 6) is -0.697. The minimum Gasteiger partial charge on any atom is -0.349 e. The first-order chi connectivity index (χ1) is 15.9. The zero-order chi connectivity index (χ0) is 23.1. The standard InChI is InChI=1S/C23H22FN5O2S2/c1-13-19(29-9-10-32-23(29)26-13)21(30)25-12-17-7-4-8-28(17)22(31)20-18(27-14(2)33-20)15-5-3-6-16(24)11-15/h3,5-6,9-11,17H,4,7-8,12H2,1-2H3,(H,25,30)/t17-/m0/s1. The molecule has 7 nitrogen and oxygen atoms in total. The molecule has 2 amide bonds. The molecule has 1 aromatic carbocycles. The first-order valence-corrected chi connectivity index (χ1v) is 12.4. The van der Waals surface area contributed by atoms with Gasteiger partial charge in [0.2, 0.25) is 0 Å². The molecule has 3 aromatic heterocycles. The number of nitrogens with zero attached hydrogens (tertiary/aromatic N) is 4. The molecule has 10 heteroatoms. The highest BCUT2D eigenvalue weighted by atomic mass is 32.1. The fourth-order valence-electron chi connectivity index (χ4n) is 4.31. The van der Waals surface area contributed by atoms with Crippen molar-refractivity contribution in [1.29, 1.82) is 0 Å². The molecule has 33 heavy (non-hydrogen) atoms. The largest absolute Gasteiger partial charge is 0.349 e. The Morgan fingerprint density at radius 1 is 1.27 bits per heavy atom. The van der Waals surface area contributed by atoms with Crippen LogP contribution in [0.1, 0.15) is 43.7 Å². The van der Waals surface area contributed by atoms with Crippen molar-refractivity contribution < 1.29 is 14.0 Å². The Labute approximate surface area is 197 Å². The molecule has 1 saturated heterocycles. The van der Waals surface area contributed by atoms with Gasteiger partial charge in [-0.25, -0.2) is 14.4 Å². The van der Waals surface area contributed by atoms with Crippen LogP contribution in [0.15, 0.2) is 35.8 Å². The number of aryl methyl sites for hydroxylation is 2. The molecule has 1 aliphatic heterocycles. The van der Waals surface area contributed by atoms with Gasteiger partial charge in [-0.05, 0) is 38.8 Å². The Morgan fingerprint density at radius 3 is 2.94 bits per heavy atom. The first kappa shape index (κ1) is 21.7. The second-order valence-electron chi connectivity index (χ2n) is 8.03. The lowest BCUT2D eigenvalue weighted by molar-refractivity contribution is 0.0729. The number of hydrogen-bond acceptors (Lipinski definition) is 6. The van der Waals surface area contributed by atoms with Crippen molar-refractivity contribution in [2.45, 2.75) is 32.7 Å². The average Bonchev–Trinajstić information content (AvgIpc) is 3.55. The Hall–Kier alpha value is -3.11. The molecule has 4 heterocycles. The lowest BCUT2D eigenvalue weighted by Crippen LogP contribution is -2.43. The van der Waals surface area contributed by atoms with E-state index in [4.69, 9.17) is 0 Å². The number of amides is 2. The van der Waals surface area contributed by atoms with Crippen LogP contribution in [0, 0.1) is 19.7 Å². The summed E-state index contributed by atoms with van der Waals surface area (Å²) in [6, 6.07) is 6.02.